The average molecular weight is 121 g/mol. The van der Waals surface area contributed by atoms with Gasteiger partial charge in [-0.05, 0) is 24.1 Å². The monoisotopic (exact) mass is 121 g/mol. The van der Waals surface area contributed by atoms with Crippen LogP contribution in [0.3, 0.4) is 0 Å². The molecule has 0 amide bonds. The molecule has 9 heavy (non-hydrogen) atoms. The number of rotatable bonds is 1. The van der Waals surface area contributed by atoms with Gasteiger partial charge in [-0.1, -0.05) is 0 Å². The van der Waals surface area contributed by atoms with Crippen molar-refractivity contribution in [3.05, 3.63) is 36.5 Å². The van der Waals surface area contributed by atoms with Gasteiger partial charge in [0.05, 0.1) is 0 Å². The molecule has 0 saturated heterocycles. The Balaban J connectivity index is 3.01. The number of hydrogen-bond acceptors (Lipinski definition) is 2. The fourth-order valence-electron chi connectivity index (χ4n) is 0.640. The van der Waals surface area contributed by atoms with Gasteiger partial charge in [0.25, 0.3) is 0 Å². The molecule has 0 aliphatic heterocycles. The van der Waals surface area contributed by atoms with Crippen molar-refractivity contribution in [3.8, 4) is 0 Å². The van der Waals surface area contributed by atoms with Gasteiger partial charge in [-0.25, -0.2) is 0 Å². The van der Waals surface area contributed by atoms with Crippen LogP contribution in [0, 0.1) is 6.92 Å². The molecule has 2 heteroatoms. The summed E-state index contributed by atoms with van der Waals surface area (Å²) in [6.07, 6.45) is 3.45. The van der Waals surface area contributed by atoms with Crippen LogP contribution >= 0.6 is 0 Å². The van der Waals surface area contributed by atoms with Gasteiger partial charge >= 0.3 is 0 Å². The molecule has 1 heterocycles. The molecular weight excluding hydrogens is 112 g/mol. The largest absolute Gasteiger partial charge is 0.326 e. The van der Waals surface area contributed by atoms with Crippen molar-refractivity contribution < 1.29 is 0 Å². The van der Waals surface area contributed by atoms with Gasteiger partial charge in [0.15, 0.2) is 0 Å². The molecule has 0 fully saturated rings. The van der Waals surface area contributed by atoms with Gasteiger partial charge in [0.1, 0.15) is 0 Å². The third-order valence-corrected chi connectivity index (χ3v) is 1.22. The van der Waals surface area contributed by atoms with Crippen molar-refractivity contribution >= 4 is 0 Å². The first kappa shape index (κ1) is 6.23. The quantitative estimate of drug-likeness (QED) is 0.594. The first-order chi connectivity index (χ1) is 4.34. The second-order valence-electron chi connectivity index (χ2n) is 1.85. The van der Waals surface area contributed by atoms with Crippen molar-refractivity contribution in [2.24, 2.45) is 5.73 Å². The summed E-state index contributed by atoms with van der Waals surface area (Å²) < 4.78 is 0. The van der Waals surface area contributed by atoms with E-state index in [-0.39, 0.29) is 0 Å². The Morgan fingerprint density at radius 2 is 2.44 bits per heavy atom. The van der Waals surface area contributed by atoms with Crippen LogP contribution in [-0.2, 0) is 6.54 Å². The molecule has 1 aromatic rings. The van der Waals surface area contributed by atoms with Crippen LogP contribution in [0.5, 0.6) is 0 Å². The third-order valence-electron chi connectivity index (χ3n) is 1.22. The van der Waals surface area contributed by atoms with E-state index in [1.807, 2.05) is 6.07 Å². The zero-order chi connectivity index (χ0) is 6.69. The first-order valence-electron chi connectivity index (χ1n) is 2.79. The smallest absolute Gasteiger partial charge is 0.0315 e. The lowest BCUT2D eigenvalue weighted by molar-refractivity contribution is 1.04. The van der Waals surface area contributed by atoms with Gasteiger partial charge in [-0.15, -0.1) is 0 Å². The Labute approximate surface area is 54.7 Å². The Morgan fingerprint density at radius 1 is 1.67 bits per heavy atom. The van der Waals surface area contributed by atoms with Crippen LogP contribution < -0.4 is 5.73 Å². The number of hydrogen-bond donors (Lipinski definition) is 1. The molecule has 0 aliphatic carbocycles. The van der Waals surface area contributed by atoms with Crippen LogP contribution in [0.15, 0.2) is 18.5 Å². The highest BCUT2D eigenvalue weighted by Gasteiger charge is 1.91. The molecule has 0 spiro atoms. The molecule has 1 radical (unpaired) electrons. The van der Waals surface area contributed by atoms with Gasteiger partial charge < -0.3 is 5.73 Å². The van der Waals surface area contributed by atoms with E-state index in [1.54, 1.807) is 12.4 Å². The van der Waals surface area contributed by atoms with E-state index in [0.717, 1.165) is 11.1 Å². The van der Waals surface area contributed by atoms with Gasteiger partial charge in [0, 0.05) is 18.9 Å². The molecule has 2 N–H and O–H groups in total. The van der Waals surface area contributed by atoms with E-state index in [0.29, 0.717) is 6.54 Å². The van der Waals surface area contributed by atoms with Gasteiger partial charge in [0.2, 0.25) is 0 Å². The number of nitrogens with zero attached hydrogens (tertiary/aromatic N) is 1. The number of aromatic nitrogens is 1. The van der Waals surface area contributed by atoms with Crippen molar-refractivity contribution in [3.63, 3.8) is 0 Å². The minimum Gasteiger partial charge on any atom is -0.326 e. The maximum atomic E-state index is 5.37. The molecule has 47 valence electrons. The molecule has 2 nitrogen and oxygen atoms in total. The van der Waals surface area contributed by atoms with Crippen LogP contribution in [-0.4, -0.2) is 4.98 Å². The van der Waals surface area contributed by atoms with E-state index in [4.69, 9.17) is 5.73 Å². The lowest BCUT2D eigenvalue weighted by atomic mass is 10.2. The maximum Gasteiger partial charge on any atom is 0.0315 e. The lowest BCUT2D eigenvalue weighted by Crippen LogP contribution is -1.98. The second kappa shape index (κ2) is 2.60. The van der Waals surface area contributed by atoms with Crippen LogP contribution in [0.2, 0.25) is 0 Å². The SMILES string of the molecule is [CH2]c1ccncc1CN. The van der Waals surface area contributed by atoms with E-state index < -0.39 is 0 Å². The molecule has 1 rings (SSSR count). The van der Waals surface area contributed by atoms with Crippen LogP contribution in [0.4, 0.5) is 0 Å². The molecule has 0 aliphatic rings. The summed E-state index contributed by atoms with van der Waals surface area (Å²) in [6, 6.07) is 1.85. The molecule has 1 aromatic heterocycles. The molecule has 0 unspecified atom stereocenters. The summed E-state index contributed by atoms with van der Waals surface area (Å²) in [5, 5.41) is 0. The summed E-state index contributed by atoms with van der Waals surface area (Å²) in [5.74, 6) is 0. The van der Waals surface area contributed by atoms with Gasteiger partial charge in [-0.2, -0.15) is 0 Å². The highest BCUT2D eigenvalue weighted by atomic mass is 14.6. The van der Waals surface area contributed by atoms with Crippen molar-refractivity contribution in [2.75, 3.05) is 0 Å². The predicted molar refractivity (Wildman–Crippen MR) is 36.6 cm³/mol. The van der Waals surface area contributed by atoms with E-state index in [1.165, 1.54) is 0 Å². The summed E-state index contributed by atoms with van der Waals surface area (Å²) in [4.78, 5) is 3.90. The molecule has 0 aromatic carbocycles. The normalized spacial score (nSPS) is 9.56. The topological polar surface area (TPSA) is 38.9 Å². The first-order valence-corrected chi connectivity index (χ1v) is 2.79. The summed E-state index contributed by atoms with van der Waals surface area (Å²) in [5.41, 5.74) is 7.35. The maximum absolute atomic E-state index is 5.37. The van der Waals surface area contributed by atoms with E-state index in [9.17, 15) is 0 Å². The Kier molecular flexibility index (Phi) is 1.80. The van der Waals surface area contributed by atoms with Crippen molar-refractivity contribution in [2.45, 2.75) is 6.54 Å². The predicted octanol–water partition coefficient (Wildman–Crippen LogP) is 0.722. The Morgan fingerprint density at radius 3 is 2.89 bits per heavy atom. The third kappa shape index (κ3) is 1.27. The van der Waals surface area contributed by atoms with Crippen molar-refractivity contribution in [1.82, 2.24) is 4.98 Å². The fraction of sp³-hybridized carbons (Fsp3) is 0.143. The zero-order valence-electron chi connectivity index (χ0n) is 5.17. The molecular formula is C7H9N2. The Bertz CT molecular complexity index is 196. The lowest BCUT2D eigenvalue weighted by Gasteiger charge is -1.97. The second-order valence-corrected chi connectivity index (χ2v) is 1.85. The van der Waals surface area contributed by atoms with Crippen LogP contribution in [0.1, 0.15) is 11.1 Å². The average Bonchev–Trinajstić information content (AvgIpc) is 1.89. The van der Waals surface area contributed by atoms with E-state index in [2.05, 4.69) is 11.9 Å². The minimum absolute atomic E-state index is 0.521. The van der Waals surface area contributed by atoms with E-state index >= 15 is 0 Å². The zero-order valence-corrected chi connectivity index (χ0v) is 5.17. The molecule has 0 atom stereocenters. The summed E-state index contributed by atoms with van der Waals surface area (Å²) in [7, 11) is 0. The number of nitrogens with two attached hydrogens (primary N) is 1. The van der Waals surface area contributed by atoms with Crippen LogP contribution in [0.25, 0.3) is 0 Å². The highest BCUT2D eigenvalue weighted by Crippen LogP contribution is 2.01. The number of pyridine rings is 1. The molecule has 0 saturated carbocycles. The highest BCUT2D eigenvalue weighted by molar-refractivity contribution is 5.25. The summed E-state index contributed by atoms with van der Waals surface area (Å²) >= 11 is 0. The van der Waals surface area contributed by atoms with Crippen molar-refractivity contribution in [1.29, 1.82) is 0 Å². The summed E-state index contributed by atoms with van der Waals surface area (Å²) in [6.45, 7) is 4.29. The molecule has 0 bridgehead atoms. The minimum atomic E-state index is 0.521. The fourth-order valence-corrected chi connectivity index (χ4v) is 0.640. The standard InChI is InChI=1S/C7H9N2/c1-6-2-3-9-5-7(6)4-8/h2-3,5H,1,4,8H2. The Hall–Kier alpha value is -0.890. The van der Waals surface area contributed by atoms with Gasteiger partial charge in [-0.3, -0.25) is 4.98 Å².